The van der Waals surface area contributed by atoms with Gasteiger partial charge in [0.2, 0.25) is 0 Å². The third kappa shape index (κ3) is 9.16. The number of rotatable bonds is 17. The molecule has 53 heavy (non-hydrogen) atoms. The number of aliphatic hydroxyl groups excluding tert-OH is 3. The summed E-state index contributed by atoms with van der Waals surface area (Å²) in [5.41, 5.74) is 8.60. The number of hydrogen-bond donors (Lipinski definition) is 5. The topological polar surface area (TPSA) is 328 Å². The Hall–Kier alpha value is -4.55. The molecule has 12 atom stereocenters. The second kappa shape index (κ2) is 17.5. The summed E-state index contributed by atoms with van der Waals surface area (Å²) in [4.78, 5) is 79.1. The van der Waals surface area contributed by atoms with Crippen LogP contribution in [0.2, 0.25) is 0 Å². The van der Waals surface area contributed by atoms with Crippen molar-refractivity contribution in [3.8, 4) is 0 Å². The van der Waals surface area contributed by atoms with Crippen LogP contribution in [0, 0.1) is 0 Å². The van der Waals surface area contributed by atoms with E-state index in [1.807, 2.05) is 0 Å². The summed E-state index contributed by atoms with van der Waals surface area (Å²) in [6.07, 6.45) is -15.9. The van der Waals surface area contributed by atoms with Crippen molar-refractivity contribution in [2.75, 3.05) is 40.6 Å². The zero-order chi connectivity index (χ0) is 39.1. The smallest absolute Gasteiger partial charge is 0.407 e. The van der Waals surface area contributed by atoms with Crippen molar-refractivity contribution in [1.29, 1.82) is 0 Å². The number of azide groups is 1. The third-order valence-electron chi connectivity index (χ3n) is 8.69. The van der Waals surface area contributed by atoms with Gasteiger partial charge in [-0.2, -0.15) is 0 Å². The predicted octanol–water partition coefficient (Wildman–Crippen LogP) is -2.43. The Labute approximate surface area is 300 Å². The molecule has 0 radical (unpaired) electrons. The number of nitrogens with one attached hydrogen (secondary N) is 2. The highest BCUT2D eigenvalue weighted by molar-refractivity contribution is 5.79. The Kier molecular flexibility index (Phi) is 13.6. The Balaban J connectivity index is 1.74. The van der Waals surface area contributed by atoms with Crippen molar-refractivity contribution < 1.29 is 91.5 Å². The van der Waals surface area contributed by atoms with Crippen molar-refractivity contribution in [2.45, 2.75) is 106 Å². The normalized spacial score (nSPS) is 32.4. The lowest BCUT2D eigenvalue weighted by molar-refractivity contribution is -0.322. The summed E-state index contributed by atoms with van der Waals surface area (Å²) in [5.74, 6) is -9.20. The molecule has 4 heterocycles. The number of ether oxygens (including phenoxy) is 10. The van der Waals surface area contributed by atoms with Crippen LogP contribution >= 0.6 is 0 Å². The molecule has 0 aromatic rings. The number of amides is 2. The minimum Gasteiger partial charge on any atom is -0.465 e. The van der Waals surface area contributed by atoms with Crippen LogP contribution in [0.1, 0.15) is 33.1 Å². The first kappa shape index (κ1) is 41.2. The van der Waals surface area contributed by atoms with E-state index in [9.17, 15) is 44.1 Å². The van der Waals surface area contributed by atoms with E-state index in [4.69, 9.17) is 52.9 Å². The van der Waals surface area contributed by atoms with Crippen LogP contribution in [0.3, 0.4) is 0 Å². The zero-order valence-corrected chi connectivity index (χ0v) is 28.9. The van der Waals surface area contributed by atoms with Crippen molar-refractivity contribution in [1.82, 2.24) is 10.6 Å². The highest BCUT2D eigenvalue weighted by atomic mass is 16.8. The van der Waals surface area contributed by atoms with Crippen molar-refractivity contribution in [3.63, 3.8) is 0 Å². The molecule has 4 aliphatic heterocycles. The van der Waals surface area contributed by atoms with Gasteiger partial charge in [-0.05, 0) is 12.0 Å². The van der Waals surface area contributed by atoms with E-state index < -0.39 is 135 Å². The van der Waals surface area contributed by atoms with Crippen LogP contribution < -0.4 is 10.6 Å². The summed E-state index contributed by atoms with van der Waals surface area (Å²) < 4.78 is 55.4. The number of methoxy groups -OCH3 is 2. The molecule has 0 aliphatic carbocycles. The van der Waals surface area contributed by atoms with Gasteiger partial charge >= 0.3 is 36.1 Å². The molecular weight excluding hydrogens is 722 g/mol. The number of carbonyl (C=O) groups excluding carboxylic acids is 6. The van der Waals surface area contributed by atoms with Crippen LogP contribution in [0.15, 0.2) is 5.11 Å². The van der Waals surface area contributed by atoms with Gasteiger partial charge < -0.3 is 73.3 Å². The molecule has 296 valence electrons. The van der Waals surface area contributed by atoms with E-state index in [1.54, 1.807) is 0 Å². The molecule has 0 bridgehead atoms. The minimum atomic E-state index is -2.58. The van der Waals surface area contributed by atoms with Gasteiger partial charge in [0.1, 0.15) is 36.6 Å². The van der Waals surface area contributed by atoms with Gasteiger partial charge in [0.15, 0.2) is 12.2 Å². The van der Waals surface area contributed by atoms with Gasteiger partial charge in [-0.25, -0.2) is 19.2 Å². The van der Waals surface area contributed by atoms with Gasteiger partial charge in [0, 0.05) is 25.3 Å². The highest BCUT2D eigenvalue weighted by Crippen LogP contribution is 2.41. The Morgan fingerprint density at radius 2 is 1.43 bits per heavy atom. The molecule has 0 aromatic heterocycles. The maximum absolute atomic E-state index is 13.4. The number of esters is 4. The Morgan fingerprint density at radius 1 is 0.906 bits per heavy atom. The zero-order valence-electron chi connectivity index (χ0n) is 28.9. The molecule has 24 heteroatoms. The second-order valence-electron chi connectivity index (χ2n) is 12.2. The van der Waals surface area contributed by atoms with Gasteiger partial charge in [-0.1, -0.05) is 5.11 Å². The van der Waals surface area contributed by atoms with Crippen LogP contribution in [0.25, 0.3) is 10.4 Å². The van der Waals surface area contributed by atoms with Crippen LogP contribution in [0.5, 0.6) is 0 Å². The maximum Gasteiger partial charge on any atom is 0.407 e. The fraction of sp³-hybridized carbons (Fsp3) is 0.793. The number of hydrogen-bond acceptors (Lipinski definition) is 20. The number of nitrogens with zero attached hydrogens (tertiary/aromatic N) is 3. The molecule has 4 aliphatic rings. The maximum atomic E-state index is 13.4. The largest absolute Gasteiger partial charge is 0.465 e. The van der Waals surface area contributed by atoms with Gasteiger partial charge in [0.05, 0.1) is 59.0 Å². The number of aliphatic hydroxyl groups is 3. The predicted molar refractivity (Wildman–Crippen MR) is 164 cm³/mol. The number of alkyl carbamates (subject to hydrolysis) is 2. The summed E-state index contributed by atoms with van der Waals surface area (Å²) in [6.45, 7) is -0.166. The van der Waals surface area contributed by atoms with Gasteiger partial charge in [-0.15, -0.1) is 0 Å². The summed E-state index contributed by atoms with van der Waals surface area (Å²) in [6, 6.07) is -2.35. The quantitative estimate of drug-likeness (QED) is 0.0257. The molecule has 4 saturated heterocycles. The van der Waals surface area contributed by atoms with Crippen LogP contribution in [-0.2, 0) is 66.5 Å². The summed E-state index contributed by atoms with van der Waals surface area (Å²) in [7, 11) is 1.98. The molecule has 2 amide bonds. The summed E-state index contributed by atoms with van der Waals surface area (Å²) >= 11 is 0. The molecule has 0 saturated carbocycles. The van der Waals surface area contributed by atoms with Crippen LogP contribution in [0.4, 0.5) is 9.59 Å². The SMILES string of the molecule is COC(=O)[C@@]1(OCCCN=[N+]=[N-])C[C@@H]2OC(=O)N[C@H]2[C@H]([C@H](OC(C)=O)[C@@H](CO[C@]2(C(=O)OC)C[C@@H]3OC(=O)N[C@H]3[C@H]([C@H](O)[C@H](O)CO)O2)OC(C)=O)O1. The first-order valence-corrected chi connectivity index (χ1v) is 16.2. The lowest BCUT2D eigenvalue weighted by Gasteiger charge is -2.47. The Bertz CT molecular complexity index is 1450. The average molecular weight is 764 g/mol. The average Bonchev–Trinajstić information content (AvgIpc) is 3.69. The molecule has 0 unspecified atom stereocenters. The molecular formula is C29H41N5O19. The van der Waals surface area contributed by atoms with E-state index in [0.717, 1.165) is 28.1 Å². The van der Waals surface area contributed by atoms with Gasteiger partial charge in [-0.3, -0.25) is 9.59 Å². The van der Waals surface area contributed by atoms with E-state index in [-0.39, 0.29) is 19.6 Å². The molecule has 24 nitrogen and oxygen atoms in total. The molecule has 5 N–H and O–H groups in total. The molecule has 0 spiro atoms. The highest BCUT2D eigenvalue weighted by Gasteiger charge is 2.63. The van der Waals surface area contributed by atoms with E-state index in [1.165, 1.54) is 0 Å². The standard InChI is InChI=1S/C29H41N5O19/c1-12(36)48-17(11-47-29(25(41)45-4)9-15-18(32-26(42)50-15)22(52-29)20(39)14(38)10-35)21(49-13(2)37)23-19-16(51-27(43)33-19)8-28(53-23,24(40)44-3)46-7-5-6-31-34-30/h14-23,35,38-39H,5-11H2,1-4H3,(H,32,42)(H,33,43)/t14-,15+,16+,17-,18-,19-,20-,21-,22-,23-,28-,29-/m1/s1. The third-order valence-corrected chi connectivity index (χ3v) is 8.69. The fourth-order valence-electron chi connectivity index (χ4n) is 6.43. The van der Waals surface area contributed by atoms with Crippen molar-refractivity contribution in [3.05, 3.63) is 10.4 Å². The Morgan fingerprint density at radius 3 is 1.94 bits per heavy atom. The second-order valence-corrected chi connectivity index (χ2v) is 12.2. The lowest BCUT2D eigenvalue weighted by Crippen LogP contribution is -2.67. The first-order valence-electron chi connectivity index (χ1n) is 16.2. The fourth-order valence-corrected chi connectivity index (χ4v) is 6.43. The van der Waals surface area contributed by atoms with E-state index in [0.29, 0.717) is 0 Å². The lowest BCUT2D eigenvalue weighted by atomic mass is 9.88. The van der Waals surface area contributed by atoms with E-state index >= 15 is 0 Å². The summed E-state index contributed by atoms with van der Waals surface area (Å²) in [5, 5.41) is 38.8. The van der Waals surface area contributed by atoms with Crippen LogP contribution in [-0.4, -0.2) is 164 Å². The number of carbonyl (C=O) groups is 6. The van der Waals surface area contributed by atoms with Crippen molar-refractivity contribution >= 4 is 36.1 Å². The molecule has 0 aromatic carbocycles. The molecule has 4 fully saturated rings. The van der Waals surface area contributed by atoms with E-state index in [2.05, 4.69) is 20.7 Å². The minimum absolute atomic E-state index is 0.0283. The monoisotopic (exact) mass is 763 g/mol. The molecule has 4 rings (SSSR count). The number of fused-ring (bicyclic) bond motifs is 2. The first-order chi connectivity index (χ1) is 25.1. The van der Waals surface area contributed by atoms with Crippen molar-refractivity contribution in [2.24, 2.45) is 5.11 Å². The van der Waals surface area contributed by atoms with Gasteiger partial charge in [0.25, 0.3) is 11.6 Å².